The molecule has 0 saturated heterocycles. The van der Waals surface area contributed by atoms with E-state index < -0.39 is 0 Å². The summed E-state index contributed by atoms with van der Waals surface area (Å²) >= 11 is 5.79. The van der Waals surface area contributed by atoms with E-state index in [0.29, 0.717) is 12.0 Å². The van der Waals surface area contributed by atoms with Gasteiger partial charge >= 0.3 is 0 Å². The van der Waals surface area contributed by atoms with Crippen molar-refractivity contribution in [3.8, 4) is 5.75 Å². The van der Waals surface area contributed by atoms with Crippen LogP contribution in [0.5, 0.6) is 5.75 Å². The van der Waals surface area contributed by atoms with Gasteiger partial charge in [0.05, 0.1) is 6.61 Å². The SMILES string of the molecule is CC(CNC(C)C)COc1ccc(Cl)cc1. The van der Waals surface area contributed by atoms with Crippen LogP contribution in [0.15, 0.2) is 24.3 Å². The molecule has 90 valence electrons. The molecule has 0 aliphatic carbocycles. The number of nitrogens with one attached hydrogen (secondary N) is 1. The first-order valence-corrected chi connectivity index (χ1v) is 6.07. The van der Waals surface area contributed by atoms with Crippen LogP contribution in [0.25, 0.3) is 0 Å². The van der Waals surface area contributed by atoms with Gasteiger partial charge in [-0.15, -0.1) is 0 Å². The van der Waals surface area contributed by atoms with Crippen molar-refractivity contribution in [3.63, 3.8) is 0 Å². The third-order valence-electron chi connectivity index (χ3n) is 2.22. The topological polar surface area (TPSA) is 21.3 Å². The van der Waals surface area contributed by atoms with Gasteiger partial charge in [0.2, 0.25) is 0 Å². The summed E-state index contributed by atoms with van der Waals surface area (Å²) in [6.45, 7) is 8.16. The zero-order valence-corrected chi connectivity index (χ0v) is 10.9. The van der Waals surface area contributed by atoms with Crippen LogP contribution < -0.4 is 10.1 Å². The van der Waals surface area contributed by atoms with Crippen molar-refractivity contribution >= 4 is 11.6 Å². The minimum Gasteiger partial charge on any atom is -0.493 e. The molecule has 0 saturated carbocycles. The Morgan fingerprint density at radius 2 is 1.81 bits per heavy atom. The van der Waals surface area contributed by atoms with Gasteiger partial charge in [0.25, 0.3) is 0 Å². The van der Waals surface area contributed by atoms with Gasteiger partial charge in [-0.3, -0.25) is 0 Å². The predicted octanol–water partition coefficient (Wildman–Crippen LogP) is 3.35. The van der Waals surface area contributed by atoms with Crippen LogP contribution in [0.3, 0.4) is 0 Å². The van der Waals surface area contributed by atoms with Crippen LogP contribution in [0.4, 0.5) is 0 Å². The maximum atomic E-state index is 5.79. The molecule has 0 spiro atoms. The van der Waals surface area contributed by atoms with Crippen LogP contribution in [0, 0.1) is 5.92 Å². The van der Waals surface area contributed by atoms with Gasteiger partial charge in [-0.25, -0.2) is 0 Å². The zero-order chi connectivity index (χ0) is 12.0. The lowest BCUT2D eigenvalue weighted by molar-refractivity contribution is 0.253. The van der Waals surface area contributed by atoms with E-state index in [0.717, 1.165) is 23.9 Å². The molecule has 0 heterocycles. The third kappa shape index (κ3) is 5.38. The zero-order valence-electron chi connectivity index (χ0n) is 10.2. The van der Waals surface area contributed by atoms with Crippen molar-refractivity contribution in [1.82, 2.24) is 5.32 Å². The summed E-state index contributed by atoms with van der Waals surface area (Å²) in [6.07, 6.45) is 0. The molecule has 1 unspecified atom stereocenters. The van der Waals surface area contributed by atoms with Crippen LogP contribution in [-0.2, 0) is 0 Å². The first kappa shape index (κ1) is 13.3. The molecule has 1 atom stereocenters. The molecule has 0 aliphatic heterocycles. The average molecular weight is 242 g/mol. The summed E-state index contributed by atoms with van der Waals surface area (Å²) < 4.78 is 5.66. The number of halogens is 1. The minimum absolute atomic E-state index is 0.498. The molecule has 16 heavy (non-hydrogen) atoms. The summed E-state index contributed by atoms with van der Waals surface area (Å²) in [7, 11) is 0. The van der Waals surface area contributed by atoms with Crippen LogP contribution in [0.1, 0.15) is 20.8 Å². The summed E-state index contributed by atoms with van der Waals surface area (Å²) in [6, 6.07) is 8.00. The smallest absolute Gasteiger partial charge is 0.119 e. The van der Waals surface area contributed by atoms with Crippen LogP contribution >= 0.6 is 11.6 Å². The van der Waals surface area contributed by atoms with Crippen molar-refractivity contribution in [2.24, 2.45) is 5.92 Å². The van der Waals surface area contributed by atoms with Gasteiger partial charge in [0.15, 0.2) is 0 Å². The Hall–Kier alpha value is -0.730. The molecule has 0 fully saturated rings. The monoisotopic (exact) mass is 241 g/mol. The highest BCUT2D eigenvalue weighted by Crippen LogP contribution is 2.16. The molecule has 0 amide bonds. The van der Waals surface area contributed by atoms with E-state index in [4.69, 9.17) is 16.3 Å². The fourth-order valence-corrected chi connectivity index (χ4v) is 1.39. The quantitative estimate of drug-likeness (QED) is 0.825. The molecular weight excluding hydrogens is 222 g/mol. The Labute approximate surface area is 103 Å². The fraction of sp³-hybridized carbons (Fsp3) is 0.538. The van der Waals surface area contributed by atoms with E-state index in [2.05, 4.69) is 26.1 Å². The van der Waals surface area contributed by atoms with Crippen molar-refractivity contribution in [2.45, 2.75) is 26.8 Å². The third-order valence-corrected chi connectivity index (χ3v) is 2.47. The standard InChI is InChI=1S/C13H20ClNO/c1-10(2)15-8-11(3)9-16-13-6-4-12(14)5-7-13/h4-7,10-11,15H,8-9H2,1-3H3. The molecule has 2 nitrogen and oxygen atoms in total. The lowest BCUT2D eigenvalue weighted by atomic mass is 10.2. The Morgan fingerprint density at radius 3 is 2.38 bits per heavy atom. The molecule has 0 aliphatic rings. The predicted molar refractivity (Wildman–Crippen MR) is 69.2 cm³/mol. The van der Waals surface area contributed by atoms with Crippen molar-refractivity contribution in [2.75, 3.05) is 13.2 Å². The first-order valence-electron chi connectivity index (χ1n) is 5.69. The summed E-state index contributed by atoms with van der Waals surface area (Å²) in [5.74, 6) is 1.37. The minimum atomic E-state index is 0.498. The van der Waals surface area contributed by atoms with Gasteiger partial charge < -0.3 is 10.1 Å². The van der Waals surface area contributed by atoms with Gasteiger partial charge in [-0.1, -0.05) is 32.4 Å². The lowest BCUT2D eigenvalue weighted by Gasteiger charge is -2.15. The van der Waals surface area contributed by atoms with Gasteiger partial charge in [0.1, 0.15) is 5.75 Å². The van der Waals surface area contributed by atoms with E-state index in [1.165, 1.54) is 0 Å². The van der Waals surface area contributed by atoms with Crippen molar-refractivity contribution in [1.29, 1.82) is 0 Å². The Bertz CT molecular complexity index is 297. The number of hydrogen-bond acceptors (Lipinski definition) is 2. The maximum absolute atomic E-state index is 5.79. The highest BCUT2D eigenvalue weighted by atomic mass is 35.5. The van der Waals surface area contributed by atoms with Crippen LogP contribution in [-0.4, -0.2) is 19.2 Å². The lowest BCUT2D eigenvalue weighted by Crippen LogP contribution is -2.30. The molecule has 1 aromatic rings. The van der Waals surface area contributed by atoms with Gasteiger partial charge in [0, 0.05) is 23.5 Å². The van der Waals surface area contributed by atoms with E-state index >= 15 is 0 Å². The molecular formula is C13H20ClNO. The number of hydrogen-bond donors (Lipinski definition) is 1. The highest BCUT2D eigenvalue weighted by molar-refractivity contribution is 6.30. The highest BCUT2D eigenvalue weighted by Gasteiger charge is 2.04. The second-order valence-electron chi connectivity index (χ2n) is 4.43. The largest absolute Gasteiger partial charge is 0.493 e. The Balaban J connectivity index is 2.26. The maximum Gasteiger partial charge on any atom is 0.119 e. The van der Waals surface area contributed by atoms with Crippen LogP contribution in [0.2, 0.25) is 5.02 Å². The second-order valence-corrected chi connectivity index (χ2v) is 4.87. The number of ether oxygens (including phenoxy) is 1. The van der Waals surface area contributed by atoms with E-state index in [1.54, 1.807) is 0 Å². The number of benzene rings is 1. The molecule has 0 bridgehead atoms. The molecule has 3 heteroatoms. The van der Waals surface area contributed by atoms with Gasteiger partial charge in [-0.05, 0) is 24.3 Å². The van der Waals surface area contributed by atoms with E-state index in [9.17, 15) is 0 Å². The Kier molecular flexibility index (Phi) is 5.64. The van der Waals surface area contributed by atoms with E-state index in [1.807, 2.05) is 24.3 Å². The average Bonchev–Trinajstić information content (AvgIpc) is 2.25. The fourth-order valence-electron chi connectivity index (χ4n) is 1.27. The van der Waals surface area contributed by atoms with Gasteiger partial charge in [-0.2, -0.15) is 0 Å². The van der Waals surface area contributed by atoms with Crippen molar-refractivity contribution < 1.29 is 4.74 Å². The van der Waals surface area contributed by atoms with Crippen molar-refractivity contribution in [3.05, 3.63) is 29.3 Å². The normalized spacial score (nSPS) is 12.8. The summed E-state index contributed by atoms with van der Waals surface area (Å²) in [4.78, 5) is 0. The molecule has 1 aromatic carbocycles. The summed E-state index contributed by atoms with van der Waals surface area (Å²) in [5, 5.41) is 4.13. The van der Waals surface area contributed by atoms with E-state index in [-0.39, 0.29) is 0 Å². The summed E-state index contributed by atoms with van der Waals surface area (Å²) in [5.41, 5.74) is 0. The molecule has 1 N–H and O–H groups in total. The molecule has 0 aromatic heterocycles. The second kappa shape index (κ2) is 6.77. The molecule has 1 rings (SSSR count). The first-order chi connectivity index (χ1) is 7.58. The molecule has 0 radical (unpaired) electrons. The Morgan fingerprint density at radius 1 is 1.19 bits per heavy atom. The number of rotatable bonds is 6.